The number of nitrogens with two attached hydrogens (primary N) is 1. The maximum Gasteiger partial charge on any atom is 0.125 e. The molecule has 2 aromatic rings. The Bertz CT molecular complexity index is 570. The van der Waals surface area contributed by atoms with Gasteiger partial charge in [-0.25, -0.2) is 0 Å². The van der Waals surface area contributed by atoms with E-state index >= 15 is 0 Å². The topological polar surface area (TPSA) is 51.4 Å². The Balaban J connectivity index is 2.38. The monoisotopic (exact) mass is 285 g/mol. The van der Waals surface area contributed by atoms with Gasteiger partial charge >= 0.3 is 0 Å². The highest BCUT2D eigenvalue weighted by Crippen LogP contribution is 2.34. The molecule has 0 saturated heterocycles. The lowest BCUT2D eigenvalue weighted by Gasteiger charge is -2.27. The zero-order valence-electron chi connectivity index (χ0n) is 12.9. The summed E-state index contributed by atoms with van der Waals surface area (Å²) >= 11 is 0. The average Bonchev–Trinajstić information content (AvgIpc) is 2.52. The van der Waals surface area contributed by atoms with Gasteiger partial charge in [0.15, 0.2) is 0 Å². The molecule has 2 N–H and O–H groups in total. The molecule has 0 radical (unpaired) electrons. The third-order valence-corrected chi connectivity index (χ3v) is 3.52. The van der Waals surface area contributed by atoms with Gasteiger partial charge in [0.2, 0.25) is 0 Å². The summed E-state index contributed by atoms with van der Waals surface area (Å²) in [6.45, 7) is 5.75. The first-order valence-corrected chi connectivity index (χ1v) is 7.24. The van der Waals surface area contributed by atoms with Gasteiger partial charge in [-0.1, -0.05) is 12.1 Å². The van der Waals surface area contributed by atoms with Crippen LogP contribution in [-0.2, 0) is 6.54 Å². The molecule has 2 rings (SSSR count). The van der Waals surface area contributed by atoms with Crippen molar-refractivity contribution in [3.8, 4) is 5.75 Å². The van der Waals surface area contributed by atoms with Crippen molar-refractivity contribution in [1.82, 2.24) is 4.98 Å². The summed E-state index contributed by atoms with van der Waals surface area (Å²) in [7, 11) is 1.68. The molecule has 0 amide bonds. The highest BCUT2D eigenvalue weighted by Gasteiger charge is 2.17. The van der Waals surface area contributed by atoms with E-state index in [1.54, 1.807) is 7.11 Å². The number of anilines is 1. The van der Waals surface area contributed by atoms with Gasteiger partial charge in [0.1, 0.15) is 5.75 Å². The fourth-order valence-electron chi connectivity index (χ4n) is 2.50. The van der Waals surface area contributed by atoms with Gasteiger partial charge in [-0.05, 0) is 38.1 Å². The number of ether oxygens (including phenoxy) is 1. The molecular weight excluding hydrogens is 262 g/mol. The van der Waals surface area contributed by atoms with Crippen LogP contribution in [0.4, 0.5) is 5.69 Å². The Kier molecular flexibility index (Phi) is 5.17. The summed E-state index contributed by atoms with van der Waals surface area (Å²) in [6.07, 6.45) is 1.82. The number of pyridine rings is 1. The molecule has 4 nitrogen and oxygen atoms in total. The lowest BCUT2D eigenvalue weighted by Crippen LogP contribution is -2.25. The second kappa shape index (κ2) is 7.09. The zero-order valence-corrected chi connectivity index (χ0v) is 12.9. The molecule has 1 heterocycles. The summed E-state index contributed by atoms with van der Waals surface area (Å²) in [5, 5.41) is 0. The minimum atomic E-state index is -0.0890. The molecule has 0 unspecified atom stereocenters. The quantitative estimate of drug-likeness (QED) is 0.886. The number of benzene rings is 1. The van der Waals surface area contributed by atoms with E-state index in [0.29, 0.717) is 0 Å². The van der Waals surface area contributed by atoms with Crippen molar-refractivity contribution in [1.29, 1.82) is 0 Å². The SMILES string of the molecule is CCN(Cc1ccccn1)c1cccc(OC)c1[C@H](C)N. The first kappa shape index (κ1) is 15.3. The van der Waals surface area contributed by atoms with Gasteiger partial charge in [-0.2, -0.15) is 0 Å². The number of hydrogen-bond donors (Lipinski definition) is 1. The molecule has 112 valence electrons. The zero-order chi connectivity index (χ0) is 15.2. The predicted molar refractivity (Wildman–Crippen MR) is 86.6 cm³/mol. The van der Waals surface area contributed by atoms with Crippen LogP contribution in [-0.4, -0.2) is 18.6 Å². The van der Waals surface area contributed by atoms with E-state index in [1.165, 1.54) is 0 Å². The van der Waals surface area contributed by atoms with E-state index in [2.05, 4.69) is 22.9 Å². The molecule has 0 aliphatic heterocycles. The lowest BCUT2D eigenvalue weighted by atomic mass is 10.0. The maximum atomic E-state index is 6.15. The molecule has 0 saturated carbocycles. The van der Waals surface area contributed by atoms with E-state index in [9.17, 15) is 0 Å². The largest absolute Gasteiger partial charge is 0.496 e. The standard InChI is InChI=1S/C17H23N3O/c1-4-20(12-14-8-5-6-11-19-14)15-9-7-10-16(21-3)17(15)13(2)18/h5-11,13H,4,12,18H2,1-3H3/t13-/m0/s1. The Morgan fingerprint density at radius 3 is 2.62 bits per heavy atom. The van der Waals surface area contributed by atoms with Gasteiger partial charge in [0.25, 0.3) is 0 Å². The lowest BCUT2D eigenvalue weighted by molar-refractivity contribution is 0.407. The first-order chi connectivity index (χ1) is 10.2. The molecule has 4 heteroatoms. The van der Waals surface area contributed by atoms with Crippen LogP contribution in [0.15, 0.2) is 42.6 Å². The highest BCUT2D eigenvalue weighted by atomic mass is 16.5. The number of rotatable bonds is 6. The summed E-state index contributed by atoms with van der Waals surface area (Å²) in [5.74, 6) is 0.835. The van der Waals surface area contributed by atoms with Crippen LogP contribution in [0.1, 0.15) is 31.1 Å². The van der Waals surface area contributed by atoms with Crippen molar-refractivity contribution in [3.63, 3.8) is 0 Å². The van der Waals surface area contributed by atoms with E-state index in [1.807, 2.05) is 43.5 Å². The van der Waals surface area contributed by atoms with Crippen molar-refractivity contribution in [2.24, 2.45) is 5.73 Å². The number of nitrogens with zero attached hydrogens (tertiary/aromatic N) is 2. The van der Waals surface area contributed by atoms with E-state index in [0.717, 1.165) is 35.8 Å². The molecular formula is C17H23N3O. The number of hydrogen-bond acceptors (Lipinski definition) is 4. The average molecular weight is 285 g/mol. The van der Waals surface area contributed by atoms with Gasteiger partial charge in [-0.15, -0.1) is 0 Å². The van der Waals surface area contributed by atoms with Crippen LogP contribution in [0, 0.1) is 0 Å². The van der Waals surface area contributed by atoms with Crippen molar-refractivity contribution in [3.05, 3.63) is 53.9 Å². The van der Waals surface area contributed by atoms with Crippen molar-refractivity contribution < 1.29 is 4.74 Å². The molecule has 0 aliphatic carbocycles. The Labute approximate surface area is 126 Å². The van der Waals surface area contributed by atoms with E-state index in [4.69, 9.17) is 10.5 Å². The maximum absolute atomic E-state index is 6.15. The van der Waals surface area contributed by atoms with Crippen LogP contribution in [0.3, 0.4) is 0 Å². The second-order valence-electron chi connectivity index (χ2n) is 5.02. The third-order valence-electron chi connectivity index (χ3n) is 3.52. The fourth-order valence-corrected chi connectivity index (χ4v) is 2.50. The molecule has 0 spiro atoms. The number of methoxy groups -OCH3 is 1. The molecule has 1 aromatic heterocycles. The van der Waals surface area contributed by atoms with Crippen LogP contribution < -0.4 is 15.4 Å². The van der Waals surface area contributed by atoms with Crippen LogP contribution in [0.5, 0.6) is 5.75 Å². The van der Waals surface area contributed by atoms with Crippen molar-refractivity contribution in [2.75, 3.05) is 18.6 Å². The van der Waals surface area contributed by atoms with Gasteiger partial charge in [0.05, 0.1) is 19.3 Å². The predicted octanol–water partition coefficient (Wildman–Crippen LogP) is 3.14. The molecule has 0 fully saturated rings. The van der Waals surface area contributed by atoms with Gasteiger partial charge < -0.3 is 15.4 Å². The van der Waals surface area contributed by atoms with Crippen LogP contribution in [0.2, 0.25) is 0 Å². The van der Waals surface area contributed by atoms with Gasteiger partial charge in [-0.3, -0.25) is 4.98 Å². The summed E-state index contributed by atoms with van der Waals surface area (Å²) in [4.78, 5) is 6.67. The first-order valence-electron chi connectivity index (χ1n) is 7.24. The molecule has 0 aliphatic rings. The molecule has 1 atom stereocenters. The Hall–Kier alpha value is -2.07. The Morgan fingerprint density at radius 1 is 1.24 bits per heavy atom. The summed E-state index contributed by atoms with van der Waals surface area (Å²) < 4.78 is 5.47. The van der Waals surface area contributed by atoms with Crippen molar-refractivity contribution in [2.45, 2.75) is 26.4 Å². The third kappa shape index (κ3) is 3.52. The molecule has 1 aromatic carbocycles. The van der Waals surface area contributed by atoms with Crippen LogP contribution in [0.25, 0.3) is 0 Å². The smallest absolute Gasteiger partial charge is 0.125 e. The molecule has 0 bridgehead atoms. The molecule has 21 heavy (non-hydrogen) atoms. The fraction of sp³-hybridized carbons (Fsp3) is 0.353. The number of aromatic nitrogens is 1. The normalized spacial score (nSPS) is 12.0. The minimum Gasteiger partial charge on any atom is -0.496 e. The summed E-state index contributed by atoms with van der Waals surface area (Å²) in [5.41, 5.74) is 9.34. The van der Waals surface area contributed by atoms with E-state index in [-0.39, 0.29) is 6.04 Å². The second-order valence-corrected chi connectivity index (χ2v) is 5.02. The minimum absolute atomic E-state index is 0.0890. The van der Waals surface area contributed by atoms with Crippen LogP contribution >= 0.6 is 0 Å². The van der Waals surface area contributed by atoms with Crippen molar-refractivity contribution >= 4 is 5.69 Å². The van der Waals surface area contributed by atoms with Gasteiger partial charge in [0, 0.05) is 30.0 Å². The Morgan fingerprint density at radius 2 is 2.05 bits per heavy atom. The van der Waals surface area contributed by atoms with E-state index < -0.39 is 0 Å². The highest BCUT2D eigenvalue weighted by molar-refractivity contribution is 5.60. The summed E-state index contributed by atoms with van der Waals surface area (Å²) in [6, 6.07) is 11.9.